The highest BCUT2D eigenvalue weighted by molar-refractivity contribution is 5.53. The van der Waals surface area contributed by atoms with E-state index in [1.807, 2.05) is 13.1 Å². The molecule has 15 heavy (non-hydrogen) atoms. The second-order valence-electron chi connectivity index (χ2n) is 4.22. The van der Waals surface area contributed by atoms with Crippen molar-refractivity contribution >= 4 is 5.69 Å². The molecular weight excluding hydrogens is 191 g/mol. The van der Waals surface area contributed by atoms with Gasteiger partial charge in [-0.1, -0.05) is 19.9 Å². The minimum Gasteiger partial charge on any atom is -0.374 e. The van der Waals surface area contributed by atoms with Gasteiger partial charge in [-0.25, -0.2) is 4.39 Å². The number of anilines is 1. The zero-order valence-electron chi connectivity index (χ0n) is 9.63. The van der Waals surface area contributed by atoms with Gasteiger partial charge >= 0.3 is 0 Å². The van der Waals surface area contributed by atoms with E-state index in [0.717, 1.165) is 12.2 Å². The molecule has 0 unspecified atom stereocenters. The van der Waals surface area contributed by atoms with Crippen LogP contribution in [0.3, 0.4) is 0 Å². The minimum atomic E-state index is -0.217. The smallest absolute Gasteiger partial charge is 0.129 e. The van der Waals surface area contributed by atoms with Gasteiger partial charge in [0.15, 0.2) is 0 Å². The Hall–Kier alpha value is -1.09. The van der Waals surface area contributed by atoms with Crippen LogP contribution in [0.2, 0.25) is 0 Å². The van der Waals surface area contributed by atoms with Gasteiger partial charge in [-0.2, -0.15) is 0 Å². The lowest BCUT2D eigenvalue weighted by atomic mass is 10.1. The van der Waals surface area contributed by atoms with E-state index in [2.05, 4.69) is 18.7 Å². The van der Waals surface area contributed by atoms with Crippen molar-refractivity contribution in [2.75, 3.05) is 18.5 Å². The molecule has 1 aromatic carbocycles. The highest BCUT2D eigenvalue weighted by Crippen LogP contribution is 2.22. The van der Waals surface area contributed by atoms with Crippen LogP contribution >= 0.6 is 0 Å². The van der Waals surface area contributed by atoms with Gasteiger partial charge in [0.1, 0.15) is 5.82 Å². The molecule has 0 radical (unpaired) electrons. The molecule has 84 valence electrons. The Labute approximate surface area is 90.9 Å². The van der Waals surface area contributed by atoms with Crippen LogP contribution < -0.4 is 10.6 Å². The average Bonchev–Trinajstić information content (AvgIpc) is 2.16. The van der Waals surface area contributed by atoms with Crippen molar-refractivity contribution in [3.8, 4) is 0 Å². The van der Waals surface area contributed by atoms with Crippen molar-refractivity contribution in [3.63, 3.8) is 0 Å². The van der Waals surface area contributed by atoms with Crippen LogP contribution in [-0.4, -0.2) is 13.6 Å². The number of halogens is 1. The Morgan fingerprint density at radius 1 is 1.40 bits per heavy atom. The SMILES string of the molecule is CC(C)CN(C)c1cccc(F)c1CN. The highest BCUT2D eigenvalue weighted by atomic mass is 19.1. The first-order valence-electron chi connectivity index (χ1n) is 5.24. The van der Waals surface area contributed by atoms with Crippen LogP contribution in [0.25, 0.3) is 0 Å². The Morgan fingerprint density at radius 3 is 2.60 bits per heavy atom. The lowest BCUT2D eigenvalue weighted by molar-refractivity contribution is 0.603. The molecule has 0 aliphatic carbocycles. The average molecular weight is 210 g/mol. The lowest BCUT2D eigenvalue weighted by Crippen LogP contribution is -2.24. The fourth-order valence-corrected chi connectivity index (χ4v) is 1.75. The Bertz CT molecular complexity index is 323. The summed E-state index contributed by atoms with van der Waals surface area (Å²) in [4.78, 5) is 2.05. The van der Waals surface area contributed by atoms with E-state index in [9.17, 15) is 4.39 Å². The first-order valence-corrected chi connectivity index (χ1v) is 5.24. The number of hydrogen-bond donors (Lipinski definition) is 1. The topological polar surface area (TPSA) is 29.3 Å². The summed E-state index contributed by atoms with van der Waals surface area (Å²) in [7, 11) is 1.97. The van der Waals surface area contributed by atoms with Gasteiger partial charge in [-0.3, -0.25) is 0 Å². The molecule has 1 aromatic rings. The third-order valence-electron chi connectivity index (χ3n) is 2.35. The molecular formula is C12H19FN2. The summed E-state index contributed by atoms with van der Waals surface area (Å²) in [5.41, 5.74) is 7.05. The molecule has 0 saturated carbocycles. The van der Waals surface area contributed by atoms with E-state index < -0.39 is 0 Å². The maximum atomic E-state index is 13.4. The summed E-state index contributed by atoms with van der Waals surface area (Å²) in [5.74, 6) is 0.328. The fourth-order valence-electron chi connectivity index (χ4n) is 1.75. The maximum absolute atomic E-state index is 13.4. The molecule has 0 aliphatic rings. The molecule has 0 amide bonds. The number of rotatable bonds is 4. The molecule has 0 fully saturated rings. The van der Waals surface area contributed by atoms with E-state index in [-0.39, 0.29) is 12.4 Å². The molecule has 0 aromatic heterocycles. The lowest BCUT2D eigenvalue weighted by Gasteiger charge is -2.24. The third-order valence-corrected chi connectivity index (χ3v) is 2.35. The first kappa shape index (κ1) is 12.0. The maximum Gasteiger partial charge on any atom is 0.129 e. The van der Waals surface area contributed by atoms with Crippen LogP contribution in [0.15, 0.2) is 18.2 Å². The molecule has 2 nitrogen and oxygen atoms in total. The Balaban J connectivity index is 2.97. The molecule has 3 heteroatoms. The zero-order chi connectivity index (χ0) is 11.4. The molecule has 0 spiro atoms. The van der Waals surface area contributed by atoms with Gasteiger partial charge < -0.3 is 10.6 Å². The van der Waals surface area contributed by atoms with Gasteiger partial charge in [0.05, 0.1) is 0 Å². The zero-order valence-corrected chi connectivity index (χ0v) is 9.63. The molecule has 0 aliphatic heterocycles. The number of hydrogen-bond acceptors (Lipinski definition) is 2. The van der Waals surface area contributed by atoms with Crippen LogP contribution in [0.1, 0.15) is 19.4 Å². The molecule has 0 heterocycles. The van der Waals surface area contributed by atoms with Crippen molar-refractivity contribution in [2.24, 2.45) is 11.7 Å². The van der Waals surface area contributed by atoms with Crippen molar-refractivity contribution in [2.45, 2.75) is 20.4 Å². The van der Waals surface area contributed by atoms with Gasteiger partial charge in [-0.15, -0.1) is 0 Å². The van der Waals surface area contributed by atoms with Crippen molar-refractivity contribution in [1.29, 1.82) is 0 Å². The predicted octanol–water partition coefficient (Wildman–Crippen LogP) is 2.38. The van der Waals surface area contributed by atoms with E-state index in [4.69, 9.17) is 5.73 Å². The normalized spacial score (nSPS) is 10.8. The van der Waals surface area contributed by atoms with Gasteiger partial charge in [0, 0.05) is 31.4 Å². The number of nitrogens with two attached hydrogens (primary N) is 1. The van der Waals surface area contributed by atoms with Gasteiger partial charge in [0.25, 0.3) is 0 Å². The van der Waals surface area contributed by atoms with Gasteiger partial charge in [-0.05, 0) is 18.1 Å². The summed E-state index contributed by atoms with van der Waals surface area (Å²) < 4.78 is 13.4. The summed E-state index contributed by atoms with van der Waals surface area (Å²) >= 11 is 0. The predicted molar refractivity (Wildman–Crippen MR) is 62.4 cm³/mol. The van der Waals surface area contributed by atoms with Crippen LogP contribution in [0.4, 0.5) is 10.1 Å². The van der Waals surface area contributed by atoms with E-state index >= 15 is 0 Å². The van der Waals surface area contributed by atoms with Crippen molar-refractivity contribution < 1.29 is 4.39 Å². The van der Waals surface area contributed by atoms with Crippen LogP contribution in [0, 0.1) is 11.7 Å². The molecule has 1 rings (SSSR count). The molecule has 0 atom stereocenters. The van der Waals surface area contributed by atoms with E-state index in [1.165, 1.54) is 6.07 Å². The summed E-state index contributed by atoms with van der Waals surface area (Å²) in [6.07, 6.45) is 0. The van der Waals surface area contributed by atoms with Crippen molar-refractivity contribution in [3.05, 3.63) is 29.6 Å². The third kappa shape index (κ3) is 2.93. The summed E-state index contributed by atoms with van der Waals surface area (Å²) in [5, 5.41) is 0. The largest absolute Gasteiger partial charge is 0.374 e. The highest BCUT2D eigenvalue weighted by Gasteiger charge is 2.11. The van der Waals surface area contributed by atoms with Crippen LogP contribution in [0.5, 0.6) is 0 Å². The second kappa shape index (κ2) is 5.12. The van der Waals surface area contributed by atoms with Crippen LogP contribution in [-0.2, 0) is 6.54 Å². The minimum absolute atomic E-state index is 0.217. The molecule has 0 saturated heterocycles. The molecule has 2 N–H and O–H groups in total. The van der Waals surface area contributed by atoms with Gasteiger partial charge in [0.2, 0.25) is 0 Å². The van der Waals surface area contributed by atoms with E-state index in [1.54, 1.807) is 6.07 Å². The fraction of sp³-hybridized carbons (Fsp3) is 0.500. The second-order valence-corrected chi connectivity index (χ2v) is 4.22. The Kier molecular flexibility index (Phi) is 4.09. The number of nitrogens with zero attached hydrogens (tertiary/aromatic N) is 1. The monoisotopic (exact) mass is 210 g/mol. The Morgan fingerprint density at radius 2 is 2.07 bits per heavy atom. The number of benzene rings is 1. The molecule has 0 bridgehead atoms. The summed E-state index contributed by atoms with van der Waals surface area (Å²) in [6.45, 7) is 5.41. The quantitative estimate of drug-likeness (QED) is 0.826. The summed E-state index contributed by atoms with van der Waals surface area (Å²) in [6, 6.07) is 5.09. The van der Waals surface area contributed by atoms with Crippen molar-refractivity contribution in [1.82, 2.24) is 0 Å². The first-order chi connectivity index (χ1) is 7.06. The standard InChI is InChI=1S/C12H19FN2/c1-9(2)8-15(3)12-6-4-5-11(13)10(12)7-14/h4-6,9H,7-8,14H2,1-3H3. The van der Waals surface area contributed by atoms with E-state index in [0.29, 0.717) is 11.5 Å².